The molecular formula is C13H9F2N3O2S. The third-order valence-electron chi connectivity index (χ3n) is 2.63. The maximum Gasteiger partial charge on any atom is 0.188 e. The van der Waals surface area contributed by atoms with E-state index >= 15 is 0 Å². The van der Waals surface area contributed by atoms with Crippen molar-refractivity contribution in [1.29, 1.82) is 5.26 Å². The summed E-state index contributed by atoms with van der Waals surface area (Å²) in [6.07, 6.45) is 1.25. The summed E-state index contributed by atoms with van der Waals surface area (Å²) in [5, 5.41) is 8.70. The molecule has 1 aromatic heterocycles. The van der Waals surface area contributed by atoms with Crippen molar-refractivity contribution in [1.82, 2.24) is 4.98 Å². The third-order valence-corrected chi connectivity index (χ3v) is 4.35. The van der Waals surface area contributed by atoms with Crippen molar-refractivity contribution in [3.05, 3.63) is 53.4 Å². The lowest BCUT2D eigenvalue weighted by molar-refractivity contribution is 0.520. The third kappa shape index (κ3) is 3.14. The predicted octanol–water partition coefficient (Wildman–Crippen LogP) is 1.79. The number of rotatable bonds is 3. The van der Waals surface area contributed by atoms with Gasteiger partial charge in [-0.15, -0.1) is 0 Å². The molecule has 2 N–H and O–H groups in total. The van der Waals surface area contributed by atoms with Crippen LogP contribution >= 0.6 is 0 Å². The van der Waals surface area contributed by atoms with Gasteiger partial charge in [0.2, 0.25) is 0 Å². The summed E-state index contributed by atoms with van der Waals surface area (Å²) >= 11 is 0. The van der Waals surface area contributed by atoms with E-state index in [1.54, 1.807) is 6.07 Å². The van der Waals surface area contributed by atoms with E-state index < -0.39 is 32.1 Å². The number of hydrogen-bond donors (Lipinski definition) is 1. The molecule has 0 unspecified atom stereocenters. The van der Waals surface area contributed by atoms with E-state index in [0.29, 0.717) is 0 Å². The Morgan fingerprint density at radius 1 is 1.24 bits per heavy atom. The number of nitrogens with two attached hydrogens (primary N) is 1. The van der Waals surface area contributed by atoms with Gasteiger partial charge in [0.25, 0.3) is 0 Å². The Hall–Kier alpha value is -2.53. The highest BCUT2D eigenvalue weighted by molar-refractivity contribution is 7.90. The maximum atomic E-state index is 13.7. The van der Waals surface area contributed by atoms with Crippen LogP contribution in [0.25, 0.3) is 0 Å². The van der Waals surface area contributed by atoms with Gasteiger partial charge in [0, 0.05) is 11.9 Å². The average molecular weight is 309 g/mol. The number of hydrogen-bond acceptors (Lipinski definition) is 5. The molecule has 1 aromatic carbocycles. The molecule has 2 rings (SSSR count). The van der Waals surface area contributed by atoms with Crippen molar-refractivity contribution >= 4 is 15.5 Å². The molecule has 0 spiro atoms. The molecule has 0 atom stereocenters. The van der Waals surface area contributed by atoms with Crippen LogP contribution in [0.1, 0.15) is 11.3 Å². The highest BCUT2D eigenvalue weighted by atomic mass is 32.2. The summed E-state index contributed by atoms with van der Waals surface area (Å²) in [6, 6.07) is 5.82. The normalized spacial score (nSPS) is 11.1. The molecule has 108 valence electrons. The first-order valence-electron chi connectivity index (χ1n) is 5.66. The number of sulfone groups is 1. The number of pyridine rings is 1. The smallest absolute Gasteiger partial charge is 0.188 e. The highest BCUT2D eigenvalue weighted by Gasteiger charge is 2.25. The first-order valence-corrected chi connectivity index (χ1v) is 7.31. The first-order chi connectivity index (χ1) is 9.83. The zero-order valence-corrected chi connectivity index (χ0v) is 11.4. The molecule has 1 heterocycles. The molecule has 0 bridgehead atoms. The van der Waals surface area contributed by atoms with Crippen LogP contribution in [0.2, 0.25) is 0 Å². The van der Waals surface area contributed by atoms with Gasteiger partial charge in [-0.1, -0.05) is 0 Å². The van der Waals surface area contributed by atoms with E-state index in [-0.39, 0.29) is 16.9 Å². The summed E-state index contributed by atoms with van der Waals surface area (Å²) in [5.74, 6) is -3.15. The quantitative estimate of drug-likeness (QED) is 0.872. The van der Waals surface area contributed by atoms with Gasteiger partial charge in [0.1, 0.15) is 28.3 Å². The number of aromatic nitrogens is 1. The number of anilines is 1. The van der Waals surface area contributed by atoms with Gasteiger partial charge >= 0.3 is 0 Å². The molecule has 0 aliphatic heterocycles. The summed E-state index contributed by atoms with van der Waals surface area (Å²) in [7, 11) is -4.26. The molecule has 8 heteroatoms. The fourth-order valence-corrected chi connectivity index (χ4v) is 3.27. The summed E-state index contributed by atoms with van der Waals surface area (Å²) < 4.78 is 51.6. The van der Waals surface area contributed by atoms with Crippen LogP contribution < -0.4 is 5.73 Å². The number of halogens is 2. The predicted molar refractivity (Wildman–Crippen MR) is 70.6 cm³/mol. The van der Waals surface area contributed by atoms with Gasteiger partial charge in [-0.25, -0.2) is 22.2 Å². The summed E-state index contributed by atoms with van der Waals surface area (Å²) in [4.78, 5) is 2.65. The second-order valence-corrected chi connectivity index (χ2v) is 6.16. The lowest BCUT2D eigenvalue weighted by Crippen LogP contribution is -2.11. The Kier molecular flexibility index (Phi) is 3.86. The molecule has 2 aromatic rings. The topological polar surface area (TPSA) is 96.8 Å². The Labute approximate surface area is 119 Å². The molecule has 0 saturated carbocycles. The largest absolute Gasteiger partial charge is 0.399 e. The van der Waals surface area contributed by atoms with E-state index in [4.69, 9.17) is 11.0 Å². The van der Waals surface area contributed by atoms with E-state index in [2.05, 4.69) is 4.98 Å². The van der Waals surface area contributed by atoms with Crippen LogP contribution in [0, 0.1) is 23.0 Å². The summed E-state index contributed by atoms with van der Waals surface area (Å²) in [5.41, 5.74) is 5.25. The molecule has 0 saturated heterocycles. The van der Waals surface area contributed by atoms with Gasteiger partial charge in [-0.2, -0.15) is 5.26 Å². The van der Waals surface area contributed by atoms with Crippen LogP contribution in [0.15, 0.2) is 35.4 Å². The lowest BCUT2D eigenvalue weighted by atomic mass is 10.2. The zero-order chi connectivity index (χ0) is 15.6. The Morgan fingerprint density at radius 3 is 2.43 bits per heavy atom. The van der Waals surface area contributed by atoms with E-state index in [0.717, 1.165) is 12.1 Å². The number of benzene rings is 1. The van der Waals surface area contributed by atoms with Crippen LogP contribution in [-0.4, -0.2) is 13.4 Å². The fourth-order valence-electron chi connectivity index (χ4n) is 1.79. The van der Waals surface area contributed by atoms with Crippen LogP contribution in [-0.2, 0) is 15.6 Å². The van der Waals surface area contributed by atoms with Crippen molar-refractivity contribution in [2.45, 2.75) is 10.6 Å². The maximum absolute atomic E-state index is 13.7. The van der Waals surface area contributed by atoms with E-state index in [9.17, 15) is 17.2 Å². The van der Waals surface area contributed by atoms with Crippen LogP contribution in [0.3, 0.4) is 0 Å². The van der Waals surface area contributed by atoms with Crippen molar-refractivity contribution in [3.63, 3.8) is 0 Å². The second kappa shape index (κ2) is 5.46. The lowest BCUT2D eigenvalue weighted by Gasteiger charge is -2.08. The van der Waals surface area contributed by atoms with Gasteiger partial charge in [0.15, 0.2) is 9.84 Å². The van der Waals surface area contributed by atoms with Crippen molar-refractivity contribution < 1.29 is 17.2 Å². The minimum Gasteiger partial charge on any atom is -0.399 e. The van der Waals surface area contributed by atoms with Gasteiger partial charge < -0.3 is 5.73 Å². The Balaban J connectivity index is 2.46. The molecular weight excluding hydrogens is 300 g/mol. The average Bonchev–Trinajstić information content (AvgIpc) is 2.36. The van der Waals surface area contributed by atoms with E-state index in [1.807, 2.05) is 0 Å². The fraction of sp³-hybridized carbons (Fsp3) is 0.0769. The van der Waals surface area contributed by atoms with E-state index in [1.165, 1.54) is 18.3 Å². The Morgan fingerprint density at radius 2 is 1.86 bits per heavy atom. The highest BCUT2D eigenvalue weighted by Crippen LogP contribution is 2.25. The molecule has 0 amide bonds. The molecule has 0 aliphatic carbocycles. The van der Waals surface area contributed by atoms with Crippen molar-refractivity contribution in [2.75, 3.05) is 5.73 Å². The Bertz CT molecular complexity index is 822. The van der Waals surface area contributed by atoms with Gasteiger partial charge in [0.05, 0.1) is 5.75 Å². The second-order valence-electron chi connectivity index (χ2n) is 4.23. The number of nitriles is 1. The SMILES string of the molecule is N#Cc1cc(CS(=O)(=O)c2c(F)cc(N)cc2F)ccn1. The first kappa shape index (κ1) is 14.9. The van der Waals surface area contributed by atoms with Crippen LogP contribution in [0.4, 0.5) is 14.5 Å². The minimum atomic E-state index is -4.26. The number of nitrogen functional groups attached to an aromatic ring is 1. The standard InChI is InChI=1S/C13H9F2N3O2S/c14-11-4-9(17)5-12(15)13(11)21(19,20)7-8-1-2-18-10(3-8)6-16/h1-5H,7,17H2. The minimum absolute atomic E-state index is 0.0148. The van der Waals surface area contributed by atoms with Gasteiger partial charge in [-0.3, -0.25) is 0 Å². The van der Waals surface area contributed by atoms with Crippen molar-refractivity contribution in [2.24, 2.45) is 0 Å². The van der Waals surface area contributed by atoms with Crippen LogP contribution in [0.5, 0.6) is 0 Å². The monoisotopic (exact) mass is 309 g/mol. The summed E-state index contributed by atoms with van der Waals surface area (Å²) in [6.45, 7) is 0. The van der Waals surface area contributed by atoms with Crippen molar-refractivity contribution in [3.8, 4) is 6.07 Å². The molecule has 0 aliphatic rings. The van der Waals surface area contributed by atoms with Gasteiger partial charge in [-0.05, 0) is 29.8 Å². The molecule has 0 fully saturated rings. The number of nitrogens with zero attached hydrogens (tertiary/aromatic N) is 2. The zero-order valence-electron chi connectivity index (χ0n) is 10.5. The molecule has 21 heavy (non-hydrogen) atoms. The molecule has 5 nitrogen and oxygen atoms in total. The molecule has 0 radical (unpaired) electrons.